The molecule has 2 rings (SSSR count). The van der Waals surface area contributed by atoms with Crippen LogP contribution in [-0.4, -0.2) is 74.6 Å². The van der Waals surface area contributed by atoms with Gasteiger partial charge in [-0.3, -0.25) is 4.90 Å². The molecule has 0 saturated carbocycles. The van der Waals surface area contributed by atoms with E-state index in [-0.39, 0.29) is 6.10 Å². The van der Waals surface area contributed by atoms with Gasteiger partial charge in [0, 0.05) is 45.8 Å². The normalized spacial score (nSPS) is 25.4. The largest absolute Gasteiger partial charge is 0.392 e. The molecular formula is C14H27N3O2. The summed E-state index contributed by atoms with van der Waals surface area (Å²) in [5.41, 5.74) is 1.19. The highest BCUT2D eigenvalue weighted by Gasteiger charge is 2.15. The van der Waals surface area contributed by atoms with Gasteiger partial charge in [0.2, 0.25) is 0 Å². The fraction of sp³-hybridized carbons (Fsp3) is 0.929. The molecule has 110 valence electrons. The average molecular weight is 269 g/mol. The summed E-state index contributed by atoms with van der Waals surface area (Å²) in [6.45, 7) is 9.51. The first-order valence-corrected chi connectivity index (χ1v) is 7.44. The van der Waals surface area contributed by atoms with Gasteiger partial charge >= 0.3 is 0 Å². The molecule has 0 radical (unpaired) electrons. The van der Waals surface area contributed by atoms with Gasteiger partial charge in [-0.2, -0.15) is 0 Å². The van der Waals surface area contributed by atoms with Gasteiger partial charge in [-0.1, -0.05) is 5.16 Å². The fourth-order valence-corrected chi connectivity index (χ4v) is 2.46. The van der Waals surface area contributed by atoms with Gasteiger partial charge in [0.1, 0.15) is 6.10 Å². The summed E-state index contributed by atoms with van der Waals surface area (Å²) in [5, 5.41) is 4.06. The summed E-state index contributed by atoms with van der Waals surface area (Å²) < 4.78 is 5.70. The molecule has 0 aromatic carbocycles. The van der Waals surface area contributed by atoms with E-state index in [9.17, 15) is 0 Å². The summed E-state index contributed by atoms with van der Waals surface area (Å²) in [6.07, 6.45) is 3.32. The lowest BCUT2D eigenvalue weighted by molar-refractivity contribution is 0.0813. The Bertz CT molecular complexity index is 288. The third-order valence-electron chi connectivity index (χ3n) is 3.79. The van der Waals surface area contributed by atoms with E-state index < -0.39 is 0 Å². The van der Waals surface area contributed by atoms with Crippen molar-refractivity contribution in [2.75, 3.05) is 53.0 Å². The number of oxime groups is 1. The highest BCUT2D eigenvalue weighted by molar-refractivity contribution is 5.85. The molecule has 0 amide bonds. The molecule has 5 nitrogen and oxygen atoms in total. The van der Waals surface area contributed by atoms with Crippen molar-refractivity contribution in [1.29, 1.82) is 0 Å². The van der Waals surface area contributed by atoms with Crippen LogP contribution in [0.4, 0.5) is 0 Å². The van der Waals surface area contributed by atoms with E-state index >= 15 is 0 Å². The van der Waals surface area contributed by atoms with Crippen LogP contribution in [0.2, 0.25) is 0 Å². The number of nitrogens with zero attached hydrogens (tertiary/aromatic N) is 3. The number of likely N-dealkylation sites (N-methyl/N-ethyl adjacent to an activating group) is 1. The second-order valence-corrected chi connectivity index (χ2v) is 5.64. The standard InChI is InChI=1S/C14H27N3O2/c1-13-12-14(15-19-13)4-3-10-18-11-9-17-7-5-16(2)6-8-17/h13H,3-12H2,1-2H3/t13-/m1/s1. The van der Waals surface area contributed by atoms with E-state index in [1.807, 2.05) is 0 Å². The molecule has 1 atom stereocenters. The molecule has 1 fully saturated rings. The number of ether oxygens (including phenoxy) is 1. The van der Waals surface area contributed by atoms with E-state index in [1.54, 1.807) is 0 Å². The Hall–Kier alpha value is -0.650. The molecular weight excluding hydrogens is 242 g/mol. The van der Waals surface area contributed by atoms with E-state index in [1.165, 1.54) is 31.9 Å². The van der Waals surface area contributed by atoms with E-state index in [0.717, 1.165) is 39.0 Å². The maximum atomic E-state index is 5.70. The van der Waals surface area contributed by atoms with Crippen LogP contribution >= 0.6 is 0 Å². The number of hydrogen-bond acceptors (Lipinski definition) is 5. The van der Waals surface area contributed by atoms with Gasteiger partial charge in [-0.25, -0.2) is 0 Å². The maximum absolute atomic E-state index is 5.70. The predicted octanol–water partition coefficient (Wildman–Crippen LogP) is 1.20. The Labute approximate surface area is 116 Å². The predicted molar refractivity (Wildman–Crippen MR) is 76.6 cm³/mol. The van der Waals surface area contributed by atoms with Crippen molar-refractivity contribution >= 4 is 5.71 Å². The molecule has 5 heteroatoms. The molecule has 0 aromatic heterocycles. The van der Waals surface area contributed by atoms with E-state index in [0.29, 0.717) is 0 Å². The van der Waals surface area contributed by atoms with Gasteiger partial charge in [-0.15, -0.1) is 0 Å². The molecule has 1 saturated heterocycles. The first kappa shape index (κ1) is 14.8. The van der Waals surface area contributed by atoms with Crippen LogP contribution in [-0.2, 0) is 9.57 Å². The zero-order chi connectivity index (χ0) is 13.5. The lowest BCUT2D eigenvalue weighted by atomic mass is 10.1. The molecule has 19 heavy (non-hydrogen) atoms. The Balaban J connectivity index is 1.42. The summed E-state index contributed by atoms with van der Waals surface area (Å²) in [6, 6.07) is 0. The van der Waals surface area contributed by atoms with Crippen LogP contribution in [0.25, 0.3) is 0 Å². The first-order chi connectivity index (χ1) is 9.24. The zero-order valence-corrected chi connectivity index (χ0v) is 12.3. The van der Waals surface area contributed by atoms with E-state index in [4.69, 9.17) is 9.57 Å². The Kier molecular flexibility index (Phi) is 6.07. The number of hydrogen-bond donors (Lipinski definition) is 0. The third-order valence-corrected chi connectivity index (χ3v) is 3.79. The molecule has 2 aliphatic heterocycles. The second-order valence-electron chi connectivity index (χ2n) is 5.64. The van der Waals surface area contributed by atoms with Crippen molar-refractivity contribution in [2.45, 2.75) is 32.3 Å². The average Bonchev–Trinajstić information content (AvgIpc) is 2.81. The molecule has 2 aliphatic rings. The van der Waals surface area contributed by atoms with Crippen molar-refractivity contribution in [3.63, 3.8) is 0 Å². The lowest BCUT2D eigenvalue weighted by Crippen LogP contribution is -2.45. The fourth-order valence-electron chi connectivity index (χ4n) is 2.46. The minimum atomic E-state index is 0.271. The van der Waals surface area contributed by atoms with Gasteiger partial charge in [-0.05, 0) is 26.8 Å². The third kappa shape index (κ3) is 5.47. The van der Waals surface area contributed by atoms with Gasteiger partial charge in [0.05, 0.1) is 12.3 Å². The monoisotopic (exact) mass is 269 g/mol. The highest BCUT2D eigenvalue weighted by atomic mass is 16.6. The quantitative estimate of drug-likeness (QED) is 0.651. The second kappa shape index (κ2) is 7.82. The smallest absolute Gasteiger partial charge is 0.130 e. The van der Waals surface area contributed by atoms with Crippen LogP contribution in [0, 0.1) is 0 Å². The molecule has 0 N–H and O–H groups in total. The minimum absolute atomic E-state index is 0.271. The van der Waals surface area contributed by atoms with Gasteiger partial charge in [0.25, 0.3) is 0 Å². The molecule has 0 spiro atoms. The van der Waals surface area contributed by atoms with Crippen LogP contribution in [0.1, 0.15) is 26.2 Å². The van der Waals surface area contributed by atoms with Crippen molar-refractivity contribution in [1.82, 2.24) is 9.80 Å². The topological polar surface area (TPSA) is 37.3 Å². The molecule has 0 unspecified atom stereocenters. The summed E-state index contributed by atoms with van der Waals surface area (Å²) in [5.74, 6) is 0. The summed E-state index contributed by atoms with van der Waals surface area (Å²) in [4.78, 5) is 10.0. The zero-order valence-electron chi connectivity index (χ0n) is 12.3. The lowest BCUT2D eigenvalue weighted by Gasteiger charge is -2.32. The van der Waals surface area contributed by atoms with Crippen LogP contribution < -0.4 is 0 Å². The van der Waals surface area contributed by atoms with Gasteiger partial charge in [0.15, 0.2) is 0 Å². The SMILES string of the molecule is C[C@@H]1CC(CCCOCCN2CCN(C)CC2)=NO1. The highest BCUT2D eigenvalue weighted by Crippen LogP contribution is 2.12. The molecule has 0 bridgehead atoms. The number of rotatable bonds is 7. The molecule has 2 heterocycles. The van der Waals surface area contributed by atoms with Crippen LogP contribution in [0.3, 0.4) is 0 Å². The Morgan fingerprint density at radius 2 is 2.05 bits per heavy atom. The Morgan fingerprint density at radius 3 is 2.74 bits per heavy atom. The first-order valence-electron chi connectivity index (χ1n) is 7.44. The van der Waals surface area contributed by atoms with Crippen LogP contribution in [0.5, 0.6) is 0 Å². The van der Waals surface area contributed by atoms with Crippen molar-refractivity contribution in [2.24, 2.45) is 5.16 Å². The summed E-state index contributed by atoms with van der Waals surface area (Å²) >= 11 is 0. The van der Waals surface area contributed by atoms with Crippen molar-refractivity contribution < 1.29 is 9.57 Å². The minimum Gasteiger partial charge on any atom is -0.392 e. The van der Waals surface area contributed by atoms with Crippen molar-refractivity contribution in [3.8, 4) is 0 Å². The Morgan fingerprint density at radius 1 is 1.26 bits per heavy atom. The van der Waals surface area contributed by atoms with Crippen molar-refractivity contribution in [3.05, 3.63) is 0 Å². The molecule has 0 aliphatic carbocycles. The van der Waals surface area contributed by atoms with Crippen LogP contribution in [0.15, 0.2) is 5.16 Å². The molecule has 0 aromatic rings. The maximum Gasteiger partial charge on any atom is 0.130 e. The summed E-state index contributed by atoms with van der Waals surface area (Å²) in [7, 11) is 2.18. The van der Waals surface area contributed by atoms with Gasteiger partial charge < -0.3 is 14.5 Å². The number of piperazine rings is 1. The van der Waals surface area contributed by atoms with E-state index in [2.05, 4.69) is 28.9 Å².